The summed E-state index contributed by atoms with van der Waals surface area (Å²) in [5.74, 6) is 2.57. The molecule has 2 aromatic rings. The molecule has 0 aliphatic carbocycles. The van der Waals surface area contributed by atoms with E-state index in [1.807, 2.05) is 12.1 Å². The zero-order valence-electron chi connectivity index (χ0n) is 22.6. The van der Waals surface area contributed by atoms with Gasteiger partial charge in [0.05, 0.1) is 0 Å². The van der Waals surface area contributed by atoms with Crippen molar-refractivity contribution < 1.29 is 4.74 Å². The van der Waals surface area contributed by atoms with Gasteiger partial charge in [-0.25, -0.2) is 0 Å². The highest BCUT2D eigenvalue weighted by molar-refractivity contribution is 7.80. The third-order valence-corrected chi connectivity index (χ3v) is 8.94. The summed E-state index contributed by atoms with van der Waals surface area (Å²) < 4.78 is 5.70. The zero-order chi connectivity index (χ0) is 26.4. The van der Waals surface area contributed by atoms with E-state index in [4.69, 9.17) is 38.5 Å². The summed E-state index contributed by atoms with van der Waals surface area (Å²) in [5, 5.41) is 8.14. The van der Waals surface area contributed by atoms with E-state index in [-0.39, 0.29) is 5.41 Å². The molecule has 7 nitrogen and oxygen atoms in total. The van der Waals surface area contributed by atoms with Crippen molar-refractivity contribution in [3.05, 3.63) is 40.9 Å². The average Bonchev–Trinajstić information content (AvgIpc) is 3.23. The Hall–Kier alpha value is -2.16. The van der Waals surface area contributed by atoms with Crippen molar-refractivity contribution in [2.75, 3.05) is 54.5 Å². The number of nitrogens with one attached hydrogen (secondary N) is 2. The van der Waals surface area contributed by atoms with Crippen LogP contribution in [0.2, 0.25) is 5.02 Å². The molecule has 0 bridgehead atoms. The molecule has 0 amide bonds. The maximum atomic E-state index is 6.18. The van der Waals surface area contributed by atoms with E-state index in [0.29, 0.717) is 23.6 Å². The third-order valence-electron chi connectivity index (χ3n) is 8.45. The van der Waals surface area contributed by atoms with Crippen LogP contribution in [0.1, 0.15) is 70.3 Å². The maximum Gasteiger partial charge on any atom is 0.232 e. The lowest BCUT2D eigenvalue weighted by Gasteiger charge is -2.38. The molecule has 206 valence electrons. The minimum absolute atomic E-state index is 0.0578. The fraction of sp³-hybridized carbons (Fsp3) is 0.621. The first-order valence-electron chi connectivity index (χ1n) is 14.3. The van der Waals surface area contributed by atoms with Crippen LogP contribution >= 0.6 is 23.8 Å². The third kappa shape index (κ3) is 6.69. The Labute approximate surface area is 237 Å². The Morgan fingerprint density at radius 1 is 1.00 bits per heavy atom. The Morgan fingerprint density at radius 2 is 1.68 bits per heavy atom. The van der Waals surface area contributed by atoms with Crippen LogP contribution in [0.25, 0.3) is 0 Å². The van der Waals surface area contributed by atoms with Crippen LogP contribution in [0.3, 0.4) is 0 Å². The Bertz CT molecular complexity index is 1070. The molecular weight excluding hydrogens is 516 g/mol. The van der Waals surface area contributed by atoms with E-state index in [1.165, 1.54) is 50.5 Å². The van der Waals surface area contributed by atoms with Gasteiger partial charge in [-0.1, -0.05) is 36.6 Å². The zero-order valence-corrected chi connectivity index (χ0v) is 24.1. The van der Waals surface area contributed by atoms with Crippen molar-refractivity contribution >= 4 is 46.5 Å². The number of piperidine rings is 1. The van der Waals surface area contributed by atoms with Crippen molar-refractivity contribution in [2.24, 2.45) is 0 Å². The summed E-state index contributed by atoms with van der Waals surface area (Å²) >= 11 is 12.0. The van der Waals surface area contributed by atoms with E-state index < -0.39 is 0 Å². The van der Waals surface area contributed by atoms with Crippen LogP contribution in [0.4, 0.5) is 17.6 Å². The second-order valence-corrected chi connectivity index (χ2v) is 11.9. The van der Waals surface area contributed by atoms with Gasteiger partial charge in [0.1, 0.15) is 11.6 Å². The van der Waals surface area contributed by atoms with Crippen molar-refractivity contribution in [1.82, 2.24) is 15.3 Å². The normalized spacial score (nSPS) is 22.0. The fourth-order valence-corrected chi connectivity index (χ4v) is 6.34. The van der Waals surface area contributed by atoms with E-state index >= 15 is 0 Å². The van der Waals surface area contributed by atoms with Crippen LogP contribution in [0.15, 0.2) is 30.3 Å². The van der Waals surface area contributed by atoms with Gasteiger partial charge in [-0.3, -0.25) is 0 Å². The molecule has 1 unspecified atom stereocenters. The number of hydrogen-bond acceptors (Lipinski definition) is 6. The molecule has 38 heavy (non-hydrogen) atoms. The van der Waals surface area contributed by atoms with E-state index in [1.54, 1.807) is 0 Å². The molecule has 4 heterocycles. The first kappa shape index (κ1) is 27.4. The summed E-state index contributed by atoms with van der Waals surface area (Å²) in [5.41, 5.74) is 1.21. The molecule has 5 rings (SSSR count). The van der Waals surface area contributed by atoms with Crippen LogP contribution in [-0.4, -0.2) is 60.5 Å². The molecule has 3 aliphatic heterocycles. The molecule has 0 saturated carbocycles. The summed E-state index contributed by atoms with van der Waals surface area (Å²) in [6.07, 6.45) is 10.5. The Balaban J connectivity index is 1.33. The first-order chi connectivity index (χ1) is 18.5. The number of aromatic nitrogens is 2. The van der Waals surface area contributed by atoms with Gasteiger partial charge in [0.2, 0.25) is 5.95 Å². The van der Waals surface area contributed by atoms with Crippen LogP contribution in [0, 0.1) is 0 Å². The smallest absolute Gasteiger partial charge is 0.232 e. The topological polar surface area (TPSA) is 65.5 Å². The molecule has 2 N–H and O–H groups in total. The molecular formula is C29H41ClN6OS. The van der Waals surface area contributed by atoms with Crippen molar-refractivity contribution in [3.63, 3.8) is 0 Å². The highest BCUT2D eigenvalue weighted by Crippen LogP contribution is 2.35. The summed E-state index contributed by atoms with van der Waals surface area (Å²) in [6.45, 7) is 7.61. The van der Waals surface area contributed by atoms with Crippen molar-refractivity contribution in [3.8, 4) is 0 Å². The van der Waals surface area contributed by atoms with Crippen molar-refractivity contribution in [2.45, 2.75) is 76.2 Å². The van der Waals surface area contributed by atoms with Crippen LogP contribution < -0.4 is 20.4 Å². The number of hydrogen-bond donors (Lipinski definition) is 2. The van der Waals surface area contributed by atoms with Gasteiger partial charge in [-0.2, -0.15) is 9.97 Å². The van der Waals surface area contributed by atoms with Crippen LogP contribution in [0.5, 0.6) is 0 Å². The predicted molar refractivity (Wildman–Crippen MR) is 161 cm³/mol. The van der Waals surface area contributed by atoms with Gasteiger partial charge >= 0.3 is 0 Å². The highest BCUT2D eigenvalue weighted by atomic mass is 35.5. The number of benzene rings is 1. The SMILES string of the molecule is CC1CCCCN1c1cc(N2CCCCCC2)nc(NC(=S)NCC2(c3ccc(Cl)cc3)CCOCC2)n1. The number of anilines is 3. The van der Waals surface area contributed by atoms with Gasteiger partial charge in [0, 0.05) is 61.9 Å². The number of thiocarbonyl (C=S) groups is 1. The number of rotatable bonds is 6. The van der Waals surface area contributed by atoms with E-state index in [0.717, 1.165) is 62.3 Å². The molecule has 3 saturated heterocycles. The van der Waals surface area contributed by atoms with E-state index in [9.17, 15) is 0 Å². The second-order valence-electron chi connectivity index (χ2n) is 11.1. The van der Waals surface area contributed by atoms with E-state index in [2.05, 4.69) is 45.6 Å². The average molecular weight is 557 g/mol. The molecule has 1 atom stereocenters. The highest BCUT2D eigenvalue weighted by Gasteiger charge is 2.34. The molecule has 3 fully saturated rings. The largest absolute Gasteiger partial charge is 0.381 e. The first-order valence-corrected chi connectivity index (χ1v) is 15.1. The minimum atomic E-state index is -0.0578. The summed E-state index contributed by atoms with van der Waals surface area (Å²) in [4.78, 5) is 14.8. The number of nitrogens with zero attached hydrogens (tertiary/aromatic N) is 4. The molecule has 9 heteroatoms. The fourth-order valence-electron chi connectivity index (χ4n) is 6.05. The monoisotopic (exact) mass is 556 g/mol. The number of halogens is 1. The van der Waals surface area contributed by atoms with Crippen molar-refractivity contribution in [1.29, 1.82) is 0 Å². The Morgan fingerprint density at radius 3 is 2.39 bits per heavy atom. The standard InChI is InChI=1S/C29H41ClN6OS/c1-22-8-4-7-17-36(22)26-20-25(35-15-5-2-3-6-16-35)32-27(33-26)34-28(38)31-21-29(13-18-37-19-14-29)23-9-11-24(30)12-10-23/h9-12,20,22H,2-8,13-19,21H2,1H3,(H2,31,32,33,34,38). The summed E-state index contributed by atoms with van der Waals surface area (Å²) in [6, 6.07) is 10.9. The second kappa shape index (κ2) is 12.8. The lowest BCUT2D eigenvalue weighted by Crippen LogP contribution is -2.45. The summed E-state index contributed by atoms with van der Waals surface area (Å²) in [7, 11) is 0. The van der Waals surface area contributed by atoms with Gasteiger partial charge in [0.15, 0.2) is 5.11 Å². The maximum absolute atomic E-state index is 6.18. The van der Waals surface area contributed by atoms with Gasteiger partial charge in [-0.15, -0.1) is 0 Å². The van der Waals surface area contributed by atoms with Gasteiger partial charge in [-0.05, 0) is 81.8 Å². The van der Waals surface area contributed by atoms with Gasteiger partial charge < -0.3 is 25.2 Å². The lowest BCUT2D eigenvalue weighted by molar-refractivity contribution is 0.0515. The molecule has 1 aromatic carbocycles. The van der Waals surface area contributed by atoms with Gasteiger partial charge in [0.25, 0.3) is 0 Å². The quantitative estimate of drug-likeness (QED) is 0.425. The molecule has 0 spiro atoms. The number of ether oxygens (including phenoxy) is 1. The molecule has 1 aromatic heterocycles. The lowest BCUT2D eigenvalue weighted by atomic mass is 9.74. The predicted octanol–water partition coefficient (Wildman–Crippen LogP) is 5.92. The Kier molecular flexibility index (Phi) is 9.23. The minimum Gasteiger partial charge on any atom is -0.381 e. The molecule has 3 aliphatic rings. The molecule has 0 radical (unpaired) electrons. The van der Waals surface area contributed by atoms with Crippen LogP contribution in [-0.2, 0) is 10.2 Å².